The Morgan fingerprint density at radius 1 is 0.898 bits per heavy atom. The number of nitrogens with zero attached hydrogens (tertiary/aromatic N) is 3. The maximum absolute atomic E-state index is 13.5. The average molecular weight is 696 g/mol. The molecular weight excluding hydrogens is 660 g/mol. The van der Waals surface area contributed by atoms with E-state index in [0.29, 0.717) is 10.2 Å². The Morgan fingerprint density at radius 2 is 1.45 bits per heavy atom. The molecular formula is C33H35F6N5O5. The number of carbonyl (C=O) groups excluding carboxylic acids is 1. The first-order valence-electron chi connectivity index (χ1n) is 15.3. The second kappa shape index (κ2) is 15.6. The fraction of sp³-hybridized carbons (Fsp3) is 0.394. The van der Waals surface area contributed by atoms with E-state index in [1.54, 1.807) is 74.5 Å². The number of nitrogens with one attached hydrogen (secondary N) is 2. The Labute approximate surface area is 277 Å². The highest BCUT2D eigenvalue weighted by Crippen LogP contribution is 2.46. The van der Waals surface area contributed by atoms with Crippen LogP contribution in [0.5, 0.6) is 0 Å². The summed E-state index contributed by atoms with van der Waals surface area (Å²) in [6.45, 7) is 3.73. The van der Waals surface area contributed by atoms with E-state index >= 15 is 0 Å². The molecule has 3 aliphatic heterocycles. The fourth-order valence-corrected chi connectivity index (χ4v) is 5.77. The number of aromatic carboxylic acids is 1. The van der Waals surface area contributed by atoms with E-state index < -0.39 is 54.4 Å². The molecule has 1 aromatic heterocycles. The Bertz CT molecular complexity index is 1640. The summed E-state index contributed by atoms with van der Waals surface area (Å²) < 4.78 is 86.0. The molecule has 3 aromatic rings. The molecule has 49 heavy (non-hydrogen) atoms. The summed E-state index contributed by atoms with van der Waals surface area (Å²) in [6, 6.07) is 13.4. The highest BCUT2D eigenvalue weighted by atomic mass is 19.4. The molecule has 4 heterocycles. The van der Waals surface area contributed by atoms with Gasteiger partial charge < -0.3 is 25.6 Å². The minimum atomic E-state index is -4.51. The van der Waals surface area contributed by atoms with Gasteiger partial charge in [-0.1, -0.05) is 60.7 Å². The number of aliphatic hydroxyl groups is 1. The van der Waals surface area contributed by atoms with Crippen LogP contribution in [0.4, 0.5) is 32.2 Å². The molecule has 0 radical (unpaired) electrons. The number of aliphatic hydroxyl groups excluding tert-OH is 1. The molecule has 0 bridgehead atoms. The number of hydrogen-bond acceptors (Lipinski definition) is 8. The van der Waals surface area contributed by atoms with Gasteiger partial charge in [0.05, 0.1) is 42.1 Å². The van der Waals surface area contributed by atoms with Gasteiger partial charge in [0, 0.05) is 19.2 Å². The van der Waals surface area contributed by atoms with E-state index in [1.165, 1.54) is 6.21 Å². The van der Waals surface area contributed by atoms with E-state index in [9.17, 15) is 35.9 Å². The minimum Gasteiger partial charge on any atom is -0.477 e. The summed E-state index contributed by atoms with van der Waals surface area (Å²) in [7, 11) is 0. The number of rotatable bonds is 5. The van der Waals surface area contributed by atoms with Gasteiger partial charge in [-0.25, -0.2) is 14.3 Å². The quantitative estimate of drug-likeness (QED) is 0.178. The standard InChI is InChI=1S/C17H17F3N2O2.C14H12F3N3O2.C2H6O/c1-2-24-16(23)11-9-21-15-12(17(18,19)20)8-13(22-14(11)15)10-6-4-3-5-7-10;15-14(16,17)11-6-10(8-4-2-1-3-5-8)19-12-9(13(21)22)7-18-20(11)12;1-2-3/h3-7,9,12-13,15,22H,2,8H2,1H3;1-5,7,10-11,19H,6H2,(H,21,22);3H,2H2,1H3. The van der Waals surface area contributed by atoms with Crippen LogP contribution in [0.25, 0.3) is 0 Å². The summed E-state index contributed by atoms with van der Waals surface area (Å²) in [5.41, 5.74) is 1.43. The molecule has 5 atom stereocenters. The zero-order valence-electron chi connectivity index (χ0n) is 26.4. The molecule has 0 spiro atoms. The number of piperidine rings is 1. The molecule has 10 nitrogen and oxygen atoms in total. The van der Waals surface area contributed by atoms with E-state index in [-0.39, 0.29) is 48.7 Å². The van der Waals surface area contributed by atoms with Gasteiger partial charge in [-0.05, 0) is 31.4 Å². The van der Waals surface area contributed by atoms with Crippen LogP contribution in [-0.2, 0) is 9.53 Å². The van der Waals surface area contributed by atoms with Crippen molar-refractivity contribution < 1.29 is 50.9 Å². The first kappa shape index (κ1) is 37.0. The van der Waals surface area contributed by atoms with Crippen molar-refractivity contribution in [3.05, 3.63) is 94.8 Å². The largest absolute Gasteiger partial charge is 0.477 e. The van der Waals surface area contributed by atoms with Gasteiger partial charge in [0.25, 0.3) is 0 Å². The average Bonchev–Trinajstić information content (AvgIpc) is 3.69. The van der Waals surface area contributed by atoms with Crippen molar-refractivity contribution in [3.8, 4) is 0 Å². The number of ether oxygens (including phenoxy) is 1. The normalized spacial score (nSPS) is 22.6. The molecule has 16 heteroatoms. The lowest BCUT2D eigenvalue weighted by molar-refractivity contribution is -0.184. The number of anilines is 1. The number of carboxylic acid groups (broad SMARTS) is 1. The van der Waals surface area contributed by atoms with Crippen LogP contribution in [0.1, 0.15) is 66.3 Å². The molecule has 264 valence electrons. The summed E-state index contributed by atoms with van der Waals surface area (Å²) in [5, 5.41) is 26.2. The van der Waals surface area contributed by atoms with E-state index in [1.807, 2.05) is 0 Å². The Morgan fingerprint density at radius 3 is 1.94 bits per heavy atom. The van der Waals surface area contributed by atoms with Crippen molar-refractivity contribution in [1.82, 2.24) is 15.1 Å². The SMILES string of the molecule is CCO.CCOC(=O)C1=C2NC(c3ccccc3)CC(C(F)(F)F)C2N=C1.O=C(O)c1cnn2c1NC(c1ccccc1)CC2C(F)(F)F. The van der Waals surface area contributed by atoms with E-state index in [4.69, 9.17) is 14.9 Å². The van der Waals surface area contributed by atoms with Gasteiger partial charge in [0.1, 0.15) is 17.4 Å². The first-order chi connectivity index (χ1) is 23.2. The molecule has 6 rings (SSSR count). The van der Waals surface area contributed by atoms with Crippen LogP contribution >= 0.6 is 0 Å². The van der Waals surface area contributed by atoms with Crippen LogP contribution in [0.3, 0.4) is 0 Å². The van der Waals surface area contributed by atoms with Crippen molar-refractivity contribution in [2.45, 2.75) is 63.2 Å². The van der Waals surface area contributed by atoms with Gasteiger partial charge in [-0.2, -0.15) is 31.4 Å². The van der Waals surface area contributed by atoms with Crippen molar-refractivity contribution >= 4 is 24.0 Å². The third kappa shape index (κ3) is 8.60. The Hall–Kier alpha value is -4.86. The molecule has 2 aromatic carbocycles. The van der Waals surface area contributed by atoms with E-state index in [2.05, 4.69) is 20.7 Å². The second-order valence-corrected chi connectivity index (χ2v) is 11.1. The van der Waals surface area contributed by atoms with Crippen molar-refractivity contribution in [3.63, 3.8) is 0 Å². The van der Waals surface area contributed by atoms with Crippen LogP contribution in [0, 0.1) is 5.92 Å². The predicted molar refractivity (Wildman–Crippen MR) is 167 cm³/mol. The fourth-order valence-electron chi connectivity index (χ4n) is 5.77. The molecule has 1 fully saturated rings. The summed E-state index contributed by atoms with van der Waals surface area (Å²) in [6.07, 6.45) is -7.15. The molecule has 0 amide bonds. The number of aliphatic imine (C=N–C) groups is 1. The lowest BCUT2D eigenvalue weighted by atomic mass is 9.83. The van der Waals surface area contributed by atoms with Crippen LogP contribution in [0.2, 0.25) is 0 Å². The topological polar surface area (TPSA) is 138 Å². The van der Waals surface area contributed by atoms with Gasteiger partial charge in [0.2, 0.25) is 0 Å². The molecule has 0 saturated carbocycles. The lowest BCUT2D eigenvalue weighted by Crippen LogP contribution is -2.45. The number of benzene rings is 2. The maximum atomic E-state index is 13.5. The van der Waals surface area contributed by atoms with Gasteiger partial charge in [0.15, 0.2) is 6.04 Å². The number of esters is 1. The number of aromatic nitrogens is 2. The number of halogens is 6. The predicted octanol–water partition coefficient (Wildman–Crippen LogP) is 6.41. The molecule has 3 aliphatic rings. The van der Waals surface area contributed by atoms with Gasteiger partial charge in [-0.15, -0.1) is 0 Å². The smallest absolute Gasteiger partial charge is 0.410 e. The van der Waals surface area contributed by atoms with Crippen LogP contribution in [-0.4, -0.2) is 69.8 Å². The highest BCUT2D eigenvalue weighted by molar-refractivity contribution is 6.11. The number of carbonyl (C=O) groups is 2. The molecule has 5 unspecified atom stereocenters. The zero-order valence-corrected chi connectivity index (χ0v) is 26.4. The lowest BCUT2D eigenvalue weighted by Gasteiger charge is -2.37. The maximum Gasteiger partial charge on any atom is 0.410 e. The van der Waals surface area contributed by atoms with Gasteiger partial charge >= 0.3 is 24.3 Å². The highest BCUT2D eigenvalue weighted by Gasteiger charge is 2.52. The number of alkyl halides is 6. The summed E-state index contributed by atoms with van der Waals surface area (Å²) in [4.78, 5) is 27.1. The Balaban J connectivity index is 0.000000205. The van der Waals surface area contributed by atoms with Crippen LogP contribution in [0.15, 0.2) is 83.1 Å². The monoisotopic (exact) mass is 695 g/mol. The minimum absolute atomic E-state index is 0.0803. The summed E-state index contributed by atoms with van der Waals surface area (Å²) >= 11 is 0. The van der Waals surface area contributed by atoms with Crippen molar-refractivity contribution in [2.24, 2.45) is 10.9 Å². The molecule has 4 N–H and O–H groups in total. The van der Waals surface area contributed by atoms with Gasteiger partial charge in [-0.3, -0.25) is 4.99 Å². The van der Waals surface area contributed by atoms with E-state index in [0.717, 1.165) is 11.8 Å². The third-order valence-electron chi connectivity index (χ3n) is 7.94. The third-order valence-corrected chi connectivity index (χ3v) is 7.94. The summed E-state index contributed by atoms with van der Waals surface area (Å²) in [5.74, 6) is -3.72. The Kier molecular flexibility index (Phi) is 11.7. The number of hydrogen-bond donors (Lipinski definition) is 4. The zero-order chi connectivity index (χ0) is 35.9. The number of fused-ring (bicyclic) bond motifs is 2. The number of carboxylic acids is 1. The second-order valence-electron chi connectivity index (χ2n) is 11.1. The van der Waals surface area contributed by atoms with Crippen LogP contribution < -0.4 is 10.6 Å². The van der Waals surface area contributed by atoms with Crippen molar-refractivity contribution in [2.75, 3.05) is 18.5 Å². The molecule has 1 saturated heterocycles. The van der Waals surface area contributed by atoms with Crippen molar-refractivity contribution in [1.29, 1.82) is 0 Å². The molecule has 0 aliphatic carbocycles. The first-order valence-corrected chi connectivity index (χ1v) is 15.3.